The molecule has 3 nitrogen and oxygen atoms in total. The van der Waals surface area contributed by atoms with Crippen LogP contribution in [-0.2, 0) is 4.74 Å². The molecule has 0 saturated heterocycles. The van der Waals surface area contributed by atoms with E-state index in [0.717, 1.165) is 36.8 Å². The second kappa shape index (κ2) is 7.18. The van der Waals surface area contributed by atoms with Crippen molar-refractivity contribution in [3.63, 3.8) is 0 Å². The maximum atomic E-state index is 6.28. The topological polar surface area (TPSA) is 61.3 Å². The van der Waals surface area contributed by atoms with Gasteiger partial charge in [-0.3, -0.25) is 0 Å². The fourth-order valence-electron chi connectivity index (χ4n) is 4.29. The molecule has 0 radical (unpaired) electrons. The van der Waals surface area contributed by atoms with Crippen LogP contribution in [0.1, 0.15) is 64.7 Å². The van der Waals surface area contributed by atoms with Crippen molar-refractivity contribution in [2.45, 2.75) is 83.0 Å². The standard InChI is InChI=1S/C19H32N2O/c1-13-2-4-14(5-3-13)15-6-9-17(10-7-15)22-19-11-8-16(20)12-18(19)21/h6,8,13-14,17-19H,2-5,7,9-12,20-21H2,1H3/t13?,14?,17?,18?,19-/m1/s1. The Morgan fingerprint density at radius 3 is 2.45 bits per heavy atom. The lowest BCUT2D eigenvalue weighted by Crippen LogP contribution is -2.42. The molecule has 0 spiro atoms. The van der Waals surface area contributed by atoms with E-state index in [1.807, 2.05) is 0 Å². The van der Waals surface area contributed by atoms with Gasteiger partial charge in [0, 0.05) is 18.2 Å². The third-order valence-electron chi connectivity index (χ3n) is 5.87. The van der Waals surface area contributed by atoms with Gasteiger partial charge < -0.3 is 16.2 Å². The number of nitrogens with two attached hydrogens (primary N) is 2. The molecule has 0 aromatic rings. The molecule has 0 aliphatic heterocycles. The second-order valence-corrected chi connectivity index (χ2v) is 7.69. The number of hydrogen-bond acceptors (Lipinski definition) is 3. The van der Waals surface area contributed by atoms with Crippen molar-refractivity contribution in [3.05, 3.63) is 23.4 Å². The zero-order chi connectivity index (χ0) is 15.5. The smallest absolute Gasteiger partial charge is 0.0768 e. The fourth-order valence-corrected chi connectivity index (χ4v) is 4.29. The molecule has 3 aliphatic carbocycles. The van der Waals surface area contributed by atoms with Crippen molar-refractivity contribution in [1.82, 2.24) is 0 Å². The van der Waals surface area contributed by atoms with Gasteiger partial charge in [0.15, 0.2) is 0 Å². The van der Waals surface area contributed by atoms with Crippen LogP contribution in [0, 0.1) is 11.8 Å². The minimum absolute atomic E-state index is 0.0650. The molecule has 0 amide bonds. The molecule has 3 rings (SSSR count). The molecular weight excluding hydrogens is 272 g/mol. The average molecular weight is 304 g/mol. The van der Waals surface area contributed by atoms with Crippen molar-refractivity contribution >= 4 is 0 Å². The van der Waals surface area contributed by atoms with Gasteiger partial charge in [0.1, 0.15) is 0 Å². The predicted molar refractivity (Wildman–Crippen MR) is 91.2 cm³/mol. The number of rotatable bonds is 3. The maximum Gasteiger partial charge on any atom is 0.0768 e. The van der Waals surface area contributed by atoms with E-state index in [0.29, 0.717) is 6.10 Å². The minimum Gasteiger partial charge on any atom is -0.402 e. The highest BCUT2D eigenvalue weighted by atomic mass is 16.5. The van der Waals surface area contributed by atoms with Crippen LogP contribution in [0.3, 0.4) is 0 Å². The Hall–Kier alpha value is -0.800. The van der Waals surface area contributed by atoms with E-state index in [2.05, 4.69) is 19.1 Å². The summed E-state index contributed by atoms with van der Waals surface area (Å²) >= 11 is 0. The van der Waals surface area contributed by atoms with Crippen molar-refractivity contribution in [2.75, 3.05) is 0 Å². The summed E-state index contributed by atoms with van der Waals surface area (Å²) < 4.78 is 6.28. The molecule has 0 aromatic heterocycles. The molecule has 2 unspecified atom stereocenters. The Morgan fingerprint density at radius 2 is 1.82 bits per heavy atom. The molecule has 3 heteroatoms. The van der Waals surface area contributed by atoms with Gasteiger partial charge in [0.2, 0.25) is 0 Å². The SMILES string of the molecule is CC1CCC(C2=CCC(O[C@@H]3CC=C(N)CC3N)CC2)CC1. The van der Waals surface area contributed by atoms with E-state index >= 15 is 0 Å². The first-order valence-corrected chi connectivity index (χ1v) is 9.16. The van der Waals surface area contributed by atoms with E-state index in [9.17, 15) is 0 Å². The van der Waals surface area contributed by atoms with Gasteiger partial charge in [-0.15, -0.1) is 0 Å². The van der Waals surface area contributed by atoms with Crippen LogP contribution in [0.25, 0.3) is 0 Å². The van der Waals surface area contributed by atoms with Crippen LogP contribution < -0.4 is 11.5 Å². The Kier molecular flexibility index (Phi) is 5.25. The van der Waals surface area contributed by atoms with Crippen LogP contribution in [-0.4, -0.2) is 18.2 Å². The van der Waals surface area contributed by atoms with Gasteiger partial charge >= 0.3 is 0 Å². The highest BCUT2D eigenvalue weighted by Gasteiger charge is 2.28. The molecule has 0 aromatic carbocycles. The summed E-state index contributed by atoms with van der Waals surface area (Å²) in [6, 6.07) is 0.0650. The summed E-state index contributed by atoms with van der Waals surface area (Å²) in [7, 11) is 0. The predicted octanol–water partition coefficient (Wildman–Crippen LogP) is 3.64. The van der Waals surface area contributed by atoms with Gasteiger partial charge in [0.05, 0.1) is 12.2 Å². The van der Waals surface area contributed by atoms with Crippen LogP contribution in [0.4, 0.5) is 0 Å². The highest BCUT2D eigenvalue weighted by Crippen LogP contribution is 2.37. The van der Waals surface area contributed by atoms with Gasteiger partial charge in [-0.25, -0.2) is 0 Å². The van der Waals surface area contributed by atoms with Crippen LogP contribution in [0.2, 0.25) is 0 Å². The largest absolute Gasteiger partial charge is 0.402 e. The van der Waals surface area contributed by atoms with Crippen molar-refractivity contribution in [2.24, 2.45) is 23.3 Å². The monoisotopic (exact) mass is 304 g/mol. The normalized spacial score (nSPS) is 40.0. The molecule has 124 valence electrons. The summed E-state index contributed by atoms with van der Waals surface area (Å²) in [5.74, 6) is 1.79. The average Bonchev–Trinajstić information content (AvgIpc) is 2.52. The Bertz CT molecular complexity index is 435. The molecule has 1 saturated carbocycles. The second-order valence-electron chi connectivity index (χ2n) is 7.69. The molecule has 4 N–H and O–H groups in total. The molecule has 3 atom stereocenters. The zero-order valence-corrected chi connectivity index (χ0v) is 14.0. The van der Waals surface area contributed by atoms with Gasteiger partial charge in [-0.05, 0) is 50.4 Å². The summed E-state index contributed by atoms with van der Waals surface area (Å²) in [5, 5.41) is 0. The Labute approximate surface area is 135 Å². The van der Waals surface area contributed by atoms with E-state index in [1.165, 1.54) is 38.5 Å². The van der Waals surface area contributed by atoms with E-state index in [-0.39, 0.29) is 12.1 Å². The number of allylic oxidation sites excluding steroid dienone is 1. The lowest BCUT2D eigenvalue weighted by atomic mass is 9.76. The molecule has 22 heavy (non-hydrogen) atoms. The lowest BCUT2D eigenvalue weighted by Gasteiger charge is -2.35. The van der Waals surface area contributed by atoms with E-state index < -0.39 is 0 Å². The van der Waals surface area contributed by atoms with Gasteiger partial charge in [-0.2, -0.15) is 0 Å². The Balaban J connectivity index is 1.49. The van der Waals surface area contributed by atoms with Crippen LogP contribution >= 0.6 is 0 Å². The van der Waals surface area contributed by atoms with Crippen molar-refractivity contribution < 1.29 is 4.74 Å². The molecule has 0 bridgehead atoms. The lowest BCUT2D eigenvalue weighted by molar-refractivity contribution is -0.0304. The Morgan fingerprint density at radius 1 is 1.05 bits per heavy atom. The summed E-state index contributed by atoms with van der Waals surface area (Å²) in [6.07, 6.45) is 15.8. The summed E-state index contributed by atoms with van der Waals surface area (Å²) in [4.78, 5) is 0. The molecule has 1 fully saturated rings. The van der Waals surface area contributed by atoms with Crippen LogP contribution in [0.5, 0.6) is 0 Å². The number of ether oxygens (including phenoxy) is 1. The first kappa shape index (κ1) is 16.1. The van der Waals surface area contributed by atoms with E-state index in [1.54, 1.807) is 5.57 Å². The molecule has 0 heterocycles. The third kappa shape index (κ3) is 3.94. The maximum absolute atomic E-state index is 6.28. The van der Waals surface area contributed by atoms with Gasteiger partial charge in [0.25, 0.3) is 0 Å². The first-order valence-electron chi connectivity index (χ1n) is 9.16. The fraction of sp³-hybridized carbons (Fsp3) is 0.789. The van der Waals surface area contributed by atoms with E-state index in [4.69, 9.17) is 16.2 Å². The first-order chi connectivity index (χ1) is 10.6. The third-order valence-corrected chi connectivity index (χ3v) is 5.87. The van der Waals surface area contributed by atoms with Crippen LogP contribution in [0.15, 0.2) is 23.4 Å². The van der Waals surface area contributed by atoms with Crippen molar-refractivity contribution in [3.8, 4) is 0 Å². The number of hydrogen-bond donors (Lipinski definition) is 2. The highest BCUT2D eigenvalue weighted by molar-refractivity contribution is 5.12. The quantitative estimate of drug-likeness (QED) is 0.783. The summed E-state index contributed by atoms with van der Waals surface area (Å²) in [5.41, 5.74) is 14.7. The van der Waals surface area contributed by atoms with Gasteiger partial charge in [-0.1, -0.05) is 37.5 Å². The minimum atomic E-state index is 0.0650. The zero-order valence-electron chi connectivity index (χ0n) is 14.0. The van der Waals surface area contributed by atoms with Crippen molar-refractivity contribution in [1.29, 1.82) is 0 Å². The molecular formula is C19H32N2O. The summed E-state index contributed by atoms with van der Waals surface area (Å²) in [6.45, 7) is 2.39. The molecule has 3 aliphatic rings.